The van der Waals surface area contributed by atoms with E-state index in [0.717, 1.165) is 24.9 Å². The van der Waals surface area contributed by atoms with Gasteiger partial charge in [-0.1, -0.05) is 43.7 Å². The zero-order valence-electron chi connectivity index (χ0n) is 14.7. The van der Waals surface area contributed by atoms with Gasteiger partial charge in [0.05, 0.1) is 18.1 Å². The lowest BCUT2D eigenvalue weighted by Crippen LogP contribution is -2.36. The van der Waals surface area contributed by atoms with Crippen molar-refractivity contribution in [1.29, 1.82) is 0 Å². The number of carbonyl (C=O) groups excluding carboxylic acids is 1. The van der Waals surface area contributed by atoms with E-state index in [1.165, 1.54) is 0 Å². The van der Waals surface area contributed by atoms with Crippen molar-refractivity contribution in [2.24, 2.45) is 5.92 Å². The quantitative estimate of drug-likeness (QED) is 0.742. The third-order valence-electron chi connectivity index (χ3n) is 4.37. The Morgan fingerprint density at radius 2 is 2.04 bits per heavy atom. The van der Waals surface area contributed by atoms with Crippen molar-refractivity contribution >= 4 is 5.78 Å². The van der Waals surface area contributed by atoms with Crippen molar-refractivity contribution in [3.63, 3.8) is 0 Å². The molecule has 0 amide bonds. The van der Waals surface area contributed by atoms with Crippen LogP contribution < -0.4 is 14.8 Å². The van der Waals surface area contributed by atoms with Gasteiger partial charge in [0.15, 0.2) is 5.78 Å². The highest BCUT2D eigenvalue weighted by atomic mass is 16.5. The number of Topliss-reactive ketones (excluding diaryl/α,β-unsaturated/α-hetero) is 1. The zero-order chi connectivity index (χ0) is 17.5. The molecule has 25 heavy (non-hydrogen) atoms. The van der Waals surface area contributed by atoms with Gasteiger partial charge in [-0.25, -0.2) is 0 Å². The summed E-state index contributed by atoms with van der Waals surface area (Å²) in [4.78, 5) is 12.7. The number of benzene rings is 2. The number of ketones is 1. The molecule has 4 nitrogen and oxygen atoms in total. The highest BCUT2D eigenvalue weighted by molar-refractivity contribution is 6.01. The minimum atomic E-state index is -0.131. The summed E-state index contributed by atoms with van der Waals surface area (Å²) in [5, 5.41) is 3.35. The van der Waals surface area contributed by atoms with Crippen LogP contribution in [0.3, 0.4) is 0 Å². The van der Waals surface area contributed by atoms with Crippen LogP contribution in [0.15, 0.2) is 48.5 Å². The average molecular weight is 339 g/mol. The van der Waals surface area contributed by atoms with Crippen LogP contribution in [0.4, 0.5) is 0 Å². The van der Waals surface area contributed by atoms with E-state index < -0.39 is 0 Å². The summed E-state index contributed by atoms with van der Waals surface area (Å²) < 4.78 is 11.6. The summed E-state index contributed by atoms with van der Waals surface area (Å²) in [6.45, 7) is 4.68. The van der Waals surface area contributed by atoms with E-state index in [1.54, 1.807) is 6.07 Å². The summed E-state index contributed by atoms with van der Waals surface area (Å²) in [5.41, 5.74) is 1.72. The molecule has 0 radical (unpaired) electrons. The molecule has 132 valence electrons. The Bertz CT molecular complexity index is 700. The Morgan fingerprint density at radius 1 is 1.20 bits per heavy atom. The zero-order valence-corrected chi connectivity index (χ0v) is 14.7. The van der Waals surface area contributed by atoms with E-state index in [-0.39, 0.29) is 11.7 Å². The third-order valence-corrected chi connectivity index (χ3v) is 4.37. The molecule has 1 heterocycles. The van der Waals surface area contributed by atoms with Crippen molar-refractivity contribution in [3.8, 4) is 11.5 Å². The van der Waals surface area contributed by atoms with Crippen LogP contribution in [0, 0.1) is 5.92 Å². The van der Waals surface area contributed by atoms with Crippen LogP contribution in [0.2, 0.25) is 0 Å². The van der Waals surface area contributed by atoms with Gasteiger partial charge in [-0.2, -0.15) is 0 Å². The second-order valence-corrected chi connectivity index (χ2v) is 6.36. The van der Waals surface area contributed by atoms with Gasteiger partial charge in [0.2, 0.25) is 0 Å². The van der Waals surface area contributed by atoms with E-state index in [2.05, 4.69) is 12.2 Å². The highest BCUT2D eigenvalue weighted by Gasteiger charge is 2.28. The summed E-state index contributed by atoms with van der Waals surface area (Å²) >= 11 is 0. The smallest absolute Gasteiger partial charge is 0.174 e. The summed E-state index contributed by atoms with van der Waals surface area (Å²) in [5.74, 6) is 1.35. The molecule has 0 saturated heterocycles. The first-order valence-corrected chi connectivity index (χ1v) is 8.96. The first kappa shape index (κ1) is 17.5. The van der Waals surface area contributed by atoms with Gasteiger partial charge >= 0.3 is 0 Å². The van der Waals surface area contributed by atoms with Crippen molar-refractivity contribution in [1.82, 2.24) is 5.32 Å². The Balaban J connectivity index is 1.63. The maximum absolute atomic E-state index is 12.7. The van der Waals surface area contributed by atoms with Gasteiger partial charge in [0.1, 0.15) is 18.1 Å². The van der Waals surface area contributed by atoms with Crippen LogP contribution in [-0.4, -0.2) is 25.5 Å². The second-order valence-electron chi connectivity index (χ2n) is 6.36. The number of unbranched alkanes of at least 4 members (excludes halogenated alkanes) is 1. The number of fused-ring (bicyclic) bond motifs is 1. The topological polar surface area (TPSA) is 47.6 Å². The third kappa shape index (κ3) is 4.60. The molecule has 1 atom stereocenters. The van der Waals surface area contributed by atoms with Crippen LogP contribution in [-0.2, 0) is 6.61 Å². The van der Waals surface area contributed by atoms with Crippen LogP contribution >= 0.6 is 0 Å². The fraction of sp³-hybridized carbons (Fsp3) is 0.381. The maximum atomic E-state index is 12.7. The molecule has 3 rings (SSSR count). The van der Waals surface area contributed by atoms with Crippen molar-refractivity contribution < 1.29 is 14.3 Å². The Morgan fingerprint density at radius 3 is 2.84 bits per heavy atom. The van der Waals surface area contributed by atoms with E-state index in [4.69, 9.17) is 9.47 Å². The minimum Gasteiger partial charge on any atom is -0.492 e. The number of nitrogens with one attached hydrogen (secondary N) is 1. The molecule has 1 N–H and O–H groups in total. The fourth-order valence-electron chi connectivity index (χ4n) is 2.87. The molecule has 4 heteroatoms. The molecular weight excluding hydrogens is 314 g/mol. The predicted octanol–water partition coefficient (Wildman–Crippen LogP) is 3.85. The number of ether oxygens (including phenoxy) is 2. The molecule has 0 saturated carbocycles. The van der Waals surface area contributed by atoms with E-state index in [0.29, 0.717) is 36.8 Å². The van der Waals surface area contributed by atoms with Crippen LogP contribution in [0.25, 0.3) is 0 Å². The van der Waals surface area contributed by atoms with Gasteiger partial charge < -0.3 is 14.8 Å². The molecule has 1 aliphatic heterocycles. The first-order chi connectivity index (χ1) is 12.3. The highest BCUT2D eigenvalue weighted by Crippen LogP contribution is 2.31. The van der Waals surface area contributed by atoms with Gasteiger partial charge in [0, 0.05) is 6.54 Å². The lowest BCUT2D eigenvalue weighted by atomic mass is 9.94. The van der Waals surface area contributed by atoms with E-state index >= 15 is 0 Å². The van der Waals surface area contributed by atoms with Crippen molar-refractivity contribution in [2.75, 3.05) is 19.7 Å². The van der Waals surface area contributed by atoms with Gasteiger partial charge in [-0.3, -0.25) is 4.79 Å². The summed E-state index contributed by atoms with van der Waals surface area (Å²) in [6, 6.07) is 15.5. The van der Waals surface area contributed by atoms with Crippen LogP contribution in [0.1, 0.15) is 35.7 Å². The summed E-state index contributed by atoms with van der Waals surface area (Å²) in [6.07, 6.45) is 2.27. The van der Waals surface area contributed by atoms with E-state index in [9.17, 15) is 4.79 Å². The number of hydrogen-bond donors (Lipinski definition) is 1. The standard InChI is InChI=1S/C21H25NO3/c1-2-3-11-22-13-17-15-25-20-10-9-18(12-19(20)21(17)23)24-14-16-7-5-4-6-8-16/h4-10,12,17,22H,2-3,11,13-15H2,1H3/t17-/m1/s1. The minimum absolute atomic E-state index is 0.131. The molecule has 2 aromatic rings. The second kappa shape index (κ2) is 8.67. The molecule has 0 aromatic heterocycles. The normalized spacial score (nSPS) is 16.2. The van der Waals surface area contributed by atoms with Crippen molar-refractivity contribution in [2.45, 2.75) is 26.4 Å². The molecule has 0 aliphatic carbocycles. The fourth-order valence-corrected chi connectivity index (χ4v) is 2.87. The Kier molecular flexibility index (Phi) is 6.07. The molecule has 0 fully saturated rings. The van der Waals surface area contributed by atoms with Gasteiger partial charge in [-0.05, 0) is 36.7 Å². The average Bonchev–Trinajstić information content (AvgIpc) is 2.66. The number of rotatable bonds is 8. The number of hydrogen-bond acceptors (Lipinski definition) is 4. The predicted molar refractivity (Wildman–Crippen MR) is 98.3 cm³/mol. The monoisotopic (exact) mass is 339 g/mol. The van der Waals surface area contributed by atoms with Gasteiger partial charge in [-0.15, -0.1) is 0 Å². The largest absolute Gasteiger partial charge is 0.492 e. The molecule has 1 aliphatic rings. The van der Waals surface area contributed by atoms with E-state index in [1.807, 2.05) is 42.5 Å². The Hall–Kier alpha value is -2.33. The maximum Gasteiger partial charge on any atom is 0.174 e. The number of carbonyl (C=O) groups is 1. The lowest BCUT2D eigenvalue weighted by Gasteiger charge is -2.24. The first-order valence-electron chi connectivity index (χ1n) is 8.96. The molecular formula is C21H25NO3. The Labute approximate surface area is 149 Å². The van der Waals surface area contributed by atoms with Crippen molar-refractivity contribution in [3.05, 3.63) is 59.7 Å². The lowest BCUT2D eigenvalue weighted by molar-refractivity contribution is 0.0829. The summed E-state index contributed by atoms with van der Waals surface area (Å²) in [7, 11) is 0. The van der Waals surface area contributed by atoms with Gasteiger partial charge in [0.25, 0.3) is 0 Å². The molecule has 2 aromatic carbocycles. The SMILES string of the molecule is CCCCNC[C@@H]1COc2ccc(OCc3ccccc3)cc2C1=O. The van der Waals surface area contributed by atoms with Crippen LogP contribution in [0.5, 0.6) is 11.5 Å². The molecule has 0 spiro atoms. The molecule has 0 unspecified atom stereocenters. The molecule has 0 bridgehead atoms.